The Morgan fingerprint density at radius 1 is 1.05 bits per heavy atom. The number of nitrogens with zero attached hydrogens (tertiary/aromatic N) is 2. The second kappa shape index (κ2) is 14.1. The maximum absolute atomic E-state index is 13.8. The molecule has 0 radical (unpaired) electrons. The third-order valence-corrected chi connectivity index (χ3v) is 6.41. The van der Waals surface area contributed by atoms with Gasteiger partial charge in [-0.1, -0.05) is 0 Å². The molecular formula is C23H29F7N2O7. The van der Waals surface area contributed by atoms with E-state index in [0.717, 1.165) is 71.1 Å². The highest BCUT2D eigenvalue weighted by Gasteiger charge is 2.49. The number of carboxylic acids is 2. The Hall–Kier alpha value is -2.72. The van der Waals surface area contributed by atoms with Crippen molar-refractivity contribution >= 4 is 11.9 Å². The summed E-state index contributed by atoms with van der Waals surface area (Å²) in [6, 6.07) is 2.97. The van der Waals surface area contributed by atoms with Crippen LogP contribution < -0.4 is 4.74 Å². The first-order chi connectivity index (χ1) is 18.1. The molecular weight excluding hydrogens is 549 g/mol. The van der Waals surface area contributed by atoms with Gasteiger partial charge in [-0.25, -0.2) is 19.0 Å². The molecule has 4 heterocycles. The Labute approximate surface area is 218 Å². The first-order valence-corrected chi connectivity index (χ1v) is 11.9. The molecule has 0 amide bonds. The SMILES string of the molecule is Fc1cccnc1OC[C@@]12CCO[C@@H]1CCN(CC1CCOCC1)C2.O=C(O)C(F)(F)F.O=C(O)C(F)(F)F. The molecule has 1 aromatic rings. The molecule has 9 nitrogen and oxygen atoms in total. The van der Waals surface area contributed by atoms with Crippen LogP contribution in [0.1, 0.15) is 25.7 Å². The minimum absolute atomic E-state index is 0.0482. The summed E-state index contributed by atoms with van der Waals surface area (Å²) < 4.78 is 94.6. The van der Waals surface area contributed by atoms with Crippen LogP contribution >= 0.6 is 0 Å². The summed E-state index contributed by atoms with van der Waals surface area (Å²) in [7, 11) is 0. The fourth-order valence-corrected chi connectivity index (χ4v) is 4.49. The molecule has 222 valence electrons. The highest BCUT2D eigenvalue weighted by atomic mass is 19.4. The number of rotatable bonds is 5. The van der Waals surface area contributed by atoms with Gasteiger partial charge in [-0.05, 0) is 43.7 Å². The Morgan fingerprint density at radius 2 is 1.64 bits per heavy atom. The van der Waals surface area contributed by atoms with Gasteiger partial charge in [0.1, 0.15) is 0 Å². The van der Waals surface area contributed by atoms with Crippen LogP contribution in [0.5, 0.6) is 5.88 Å². The fourth-order valence-electron chi connectivity index (χ4n) is 4.49. The average Bonchev–Trinajstić information content (AvgIpc) is 3.27. The molecule has 0 spiro atoms. The number of likely N-dealkylation sites (tertiary alicyclic amines) is 1. The number of halogens is 7. The quantitative estimate of drug-likeness (QED) is 0.504. The van der Waals surface area contributed by atoms with Crippen molar-refractivity contribution in [2.75, 3.05) is 46.1 Å². The van der Waals surface area contributed by atoms with E-state index < -0.39 is 30.1 Å². The van der Waals surface area contributed by atoms with Gasteiger partial charge in [0.25, 0.3) is 0 Å². The molecule has 39 heavy (non-hydrogen) atoms. The van der Waals surface area contributed by atoms with Gasteiger partial charge in [0.2, 0.25) is 5.88 Å². The summed E-state index contributed by atoms with van der Waals surface area (Å²) in [5.41, 5.74) is -0.0482. The maximum atomic E-state index is 13.8. The number of pyridine rings is 1. The van der Waals surface area contributed by atoms with Crippen molar-refractivity contribution in [3.63, 3.8) is 0 Å². The zero-order valence-electron chi connectivity index (χ0n) is 20.6. The van der Waals surface area contributed by atoms with Crippen molar-refractivity contribution in [1.82, 2.24) is 9.88 Å². The van der Waals surface area contributed by atoms with Crippen molar-refractivity contribution in [2.24, 2.45) is 11.3 Å². The van der Waals surface area contributed by atoms with Crippen LogP contribution in [0.25, 0.3) is 0 Å². The zero-order chi connectivity index (χ0) is 29.3. The topological polar surface area (TPSA) is 118 Å². The molecule has 0 unspecified atom stereocenters. The van der Waals surface area contributed by atoms with Gasteiger partial charge < -0.3 is 29.3 Å². The molecule has 0 bridgehead atoms. The zero-order valence-corrected chi connectivity index (χ0v) is 20.6. The molecule has 3 fully saturated rings. The Morgan fingerprint density at radius 3 is 2.18 bits per heavy atom. The van der Waals surface area contributed by atoms with E-state index in [1.807, 2.05) is 0 Å². The number of aliphatic carboxylic acids is 2. The van der Waals surface area contributed by atoms with Crippen molar-refractivity contribution < 1.29 is 64.7 Å². The lowest BCUT2D eigenvalue weighted by Crippen LogP contribution is -2.53. The van der Waals surface area contributed by atoms with Gasteiger partial charge in [0.15, 0.2) is 5.82 Å². The van der Waals surface area contributed by atoms with Gasteiger partial charge in [-0.2, -0.15) is 26.3 Å². The average molecular weight is 578 g/mol. The fraction of sp³-hybridized carbons (Fsp3) is 0.696. The standard InChI is InChI=1S/C19H27FN2O3.2C2HF3O2/c20-16-2-1-7-21-18(16)25-14-19-6-11-24-17(19)3-8-22(13-19)12-15-4-9-23-10-5-15;2*3-2(4,5)1(6)7/h1-2,7,15,17H,3-6,8-14H2;2*(H,6,7)/t17-,19+;;/m1../s1. The lowest BCUT2D eigenvalue weighted by Gasteiger charge is -2.44. The minimum atomic E-state index is -5.08. The lowest BCUT2D eigenvalue weighted by atomic mass is 9.77. The summed E-state index contributed by atoms with van der Waals surface area (Å²) in [6.45, 7) is 6.16. The van der Waals surface area contributed by atoms with E-state index in [-0.39, 0.29) is 17.4 Å². The molecule has 16 heteroatoms. The number of carboxylic acid groups (broad SMARTS) is 2. The van der Waals surface area contributed by atoms with Crippen LogP contribution in [0.2, 0.25) is 0 Å². The lowest BCUT2D eigenvalue weighted by molar-refractivity contribution is -0.193. The largest absolute Gasteiger partial charge is 0.490 e. The Balaban J connectivity index is 0.000000317. The molecule has 0 aromatic carbocycles. The summed E-state index contributed by atoms with van der Waals surface area (Å²) in [6.07, 6.45) is -4.09. The number of hydrogen-bond donors (Lipinski definition) is 2. The predicted molar refractivity (Wildman–Crippen MR) is 118 cm³/mol. The monoisotopic (exact) mass is 578 g/mol. The van der Waals surface area contributed by atoms with E-state index >= 15 is 0 Å². The number of alkyl halides is 6. The molecule has 1 aromatic heterocycles. The third-order valence-electron chi connectivity index (χ3n) is 6.41. The summed E-state index contributed by atoms with van der Waals surface area (Å²) in [5.74, 6) is -5.09. The number of hydrogen-bond acceptors (Lipinski definition) is 7. The first kappa shape index (κ1) is 32.5. The van der Waals surface area contributed by atoms with Crippen LogP contribution in [0.15, 0.2) is 18.3 Å². The predicted octanol–water partition coefficient (Wildman–Crippen LogP) is 3.77. The molecule has 0 aliphatic carbocycles. The first-order valence-electron chi connectivity index (χ1n) is 11.9. The number of ether oxygens (including phenoxy) is 3. The van der Waals surface area contributed by atoms with Crippen LogP contribution in [0, 0.1) is 17.2 Å². The summed E-state index contributed by atoms with van der Waals surface area (Å²) in [4.78, 5) is 24.4. The van der Waals surface area contributed by atoms with E-state index in [4.69, 9.17) is 34.0 Å². The second-order valence-corrected chi connectivity index (χ2v) is 9.24. The van der Waals surface area contributed by atoms with Crippen LogP contribution in [-0.2, 0) is 19.1 Å². The highest BCUT2D eigenvalue weighted by molar-refractivity contribution is 5.73. The molecule has 3 saturated heterocycles. The summed E-state index contributed by atoms with van der Waals surface area (Å²) in [5, 5.41) is 14.2. The Bertz CT molecular complexity index is 918. The van der Waals surface area contributed by atoms with Crippen molar-refractivity contribution in [3.05, 3.63) is 24.1 Å². The third kappa shape index (κ3) is 10.4. The molecule has 2 atom stereocenters. The highest BCUT2D eigenvalue weighted by Crippen LogP contribution is 2.41. The van der Waals surface area contributed by atoms with Crippen molar-refractivity contribution in [2.45, 2.75) is 44.1 Å². The Kier molecular flexibility index (Phi) is 11.7. The normalized spacial score (nSPS) is 23.9. The number of aromatic nitrogens is 1. The molecule has 2 N–H and O–H groups in total. The van der Waals surface area contributed by atoms with Crippen molar-refractivity contribution in [3.8, 4) is 5.88 Å². The van der Waals surface area contributed by atoms with Gasteiger partial charge in [0.05, 0.1) is 12.7 Å². The minimum Gasteiger partial charge on any atom is -0.475 e. The van der Waals surface area contributed by atoms with Gasteiger partial charge in [0, 0.05) is 51.1 Å². The smallest absolute Gasteiger partial charge is 0.475 e. The molecule has 4 rings (SSSR count). The van der Waals surface area contributed by atoms with E-state index in [1.54, 1.807) is 12.3 Å². The number of carbonyl (C=O) groups is 2. The van der Waals surface area contributed by atoms with Gasteiger partial charge in [-0.15, -0.1) is 0 Å². The van der Waals surface area contributed by atoms with Crippen LogP contribution in [0.4, 0.5) is 30.7 Å². The second-order valence-electron chi connectivity index (χ2n) is 9.24. The van der Waals surface area contributed by atoms with E-state index in [1.165, 1.54) is 6.07 Å². The van der Waals surface area contributed by atoms with Crippen LogP contribution in [-0.4, -0.2) is 96.6 Å². The summed E-state index contributed by atoms with van der Waals surface area (Å²) >= 11 is 0. The molecule has 3 aliphatic rings. The molecule has 0 saturated carbocycles. The molecule has 3 aliphatic heterocycles. The van der Waals surface area contributed by atoms with E-state index in [9.17, 15) is 30.7 Å². The van der Waals surface area contributed by atoms with E-state index in [2.05, 4.69) is 9.88 Å². The van der Waals surface area contributed by atoms with Gasteiger partial charge >= 0.3 is 24.3 Å². The number of fused-ring (bicyclic) bond motifs is 1. The van der Waals surface area contributed by atoms with Crippen molar-refractivity contribution in [1.29, 1.82) is 0 Å². The number of piperidine rings is 1. The van der Waals surface area contributed by atoms with Gasteiger partial charge in [-0.3, -0.25) is 0 Å². The van der Waals surface area contributed by atoms with Crippen LogP contribution in [0.3, 0.4) is 0 Å². The maximum Gasteiger partial charge on any atom is 0.490 e. The van der Waals surface area contributed by atoms with E-state index in [0.29, 0.717) is 6.61 Å².